The molecule has 1 rings (SSSR count). The molecule has 1 aromatic rings. The molecule has 0 bridgehead atoms. The highest BCUT2D eigenvalue weighted by Crippen LogP contribution is 2.16. The monoisotopic (exact) mass is 224 g/mol. The van der Waals surface area contributed by atoms with Crippen LogP contribution in [0.5, 0.6) is 5.88 Å². The van der Waals surface area contributed by atoms with Gasteiger partial charge in [0.15, 0.2) is 5.88 Å². The number of nitrogens with zero attached hydrogens (tertiary/aromatic N) is 2. The number of pyridine rings is 1. The highest BCUT2D eigenvalue weighted by atomic mass is 16.3. The Morgan fingerprint density at radius 2 is 2.00 bits per heavy atom. The van der Waals surface area contributed by atoms with E-state index in [1.165, 1.54) is 4.57 Å². The summed E-state index contributed by atoms with van der Waals surface area (Å²) in [6.45, 7) is 5.12. The Bertz CT molecular complexity index is 422. The van der Waals surface area contributed by atoms with E-state index in [9.17, 15) is 9.90 Å². The van der Waals surface area contributed by atoms with E-state index in [0.717, 1.165) is 24.1 Å². The van der Waals surface area contributed by atoms with Crippen LogP contribution in [-0.2, 0) is 6.54 Å². The molecule has 0 unspecified atom stereocenters. The first kappa shape index (κ1) is 12.8. The van der Waals surface area contributed by atoms with E-state index in [1.54, 1.807) is 6.07 Å². The van der Waals surface area contributed by atoms with Crippen molar-refractivity contribution < 1.29 is 5.11 Å². The largest absolute Gasteiger partial charge is 0.494 e. The SMILES string of the molecule is Cc1cc(=O)n(CCCN(C)C)c(O)c1C. The van der Waals surface area contributed by atoms with Crippen LogP contribution in [0.1, 0.15) is 17.5 Å². The molecule has 0 saturated heterocycles. The van der Waals surface area contributed by atoms with Crippen molar-refractivity contribution in [1.82, 2.24) is 9.47 Å². The average molecular weight is 224 g/mol. The molecule has 0 atom stereocenters. The number of rotatable bonds is 4. The fourth-order valence-electron chi connectivity index (χ4n) is 1.62. The van der Waals surface area contributed by atoms with Gasteiger partial charge in [0.25, 0.3) is 5.56 Å². The first-order valence-corrected chi connectivity index (χ1v) is 5.48. The maximum Gasteiger partial charge on any atom is 0.253 e. The zero-order valence-electron chi connectivity index (χ0n) is 10.4. The minimum Gasteiger partial charge on any atom is -0.494 e. The van der Waals surface area contributed by atoms with Crippen LogP contribution < -0.4 is 5.56 Å². The topological polar surface area (TPSA) is 45.5 Å². The van der Waals surface area contributed by atoms with Gasteiger partial charge in [-0.15, -0.1) is 0 Å². The van der Waals surface area contributed by atoms with E-state index in [-0.39, 0.29) is 11.4 Å². The third-order valence-corrected chi connectivity index (χ3v) is 2.78. The molecule has 0 aliphatic heterocycles. The maximum atomic E-state index is 11.7. The Morgan fingerprint density at radius 1 is 1.38 bits per heavy atom. The van der Waals surface area contributed by atoms with Gasteiger partial charge in [-0.05, 0) is 46.5 Å². The lowest BCUT2D eigenvalue weighted by atomic mass is 10.1. The van der Waals surface area contributed by atoms with Gasteiger partial charge in [-0.3, -0.25) is 9.36 Å². The van der Waals surface area contributed by atoms with Crippen LogP contribution in [0.3, 0.4) is 0 Å². The van der Waals surface area contributed by atoms with Gasteiger partial charge in [0.05, 0.1) is 0 Å². The molecule has 1 heterocycles. The zero-order chi connectivity index (χ0) is 12.3. The van der Waals surface area contributed by atoms with Crippen LogP contribution in [0.4, 0.5) is 0 Å². The standard InChI is InChI=1S/C12H20N2O2/c1-9-8-11(15)14(12(16)10(9)2)7-5-6-13(3)4/h8,16H,5-7H2,1-4H3. The second kappa shape index (κ2) is 5.16. The summed E-state index contributed by atoms with van der Waals surface area (Å²) in [7, 11) is 3.98. The van der Waals surface area contributed by atoms with Crippen LogP contribution >= 0.6 is 0 Å². The van der Waals surface area contributed by atoms with Crippen LogP contribution in [-0.4, -0.2) is 35.2 Å². The van der Waals surface area contributed by atoms with Gasteiger partial charge < -0.3 is 10.0 Å². The van der Waals surface area contributed by atoms with Gasteiger partial charge in [-0.25, -0.2) is 0 Å². The van der Waals surface area contributed by atoms with E-state index in [0.29, 0.717) is 6.54 Å². The Balaban J connectivity index is 2.88. The lowest BCUT2D eigenvalue weighted by Gasteiger charge is -2.14. The molecule has 1 aromatic heterocycles. The van der Waals surface area contributed by atoms with Crippen molar-refractivity contribution >= 4 is 0 Å². The van der Waals surface area contributed by atoms with E-state index < -0.39 is 0 Å². The van der Waals surface area contributed by atoms with Gasteiger partial charge in [0.1, 0.15) is 0 Å². The van der Waals surface area contributed by atoms with Gasteiger partial charge in [0.2, 0.25) is 0 Å². The molecule has 90 valence electrons. The van der Waals surface area contributed by atoms with Crippen molar-refractivity contribution in [3.63, 3.8) is 0 Å². The number of hydrogen-bond donors (Lipinski definition) is 1. The Morgan fingerprint density at radius 3 is 2.56 bits per heavy atom. The summed E-state index contributed by atoms with van der Waals surface area (Å²) in [4.78, 5) is 13.7. The average Bonchev–Trinajstić information content (AvgIpc) is 2.19. The van der Waals surface area contributed by atoms with E-state index >= 15 is 0 Å². The fourth-order valence-corrected chi connectivity index (χ4v) is 1.62. The summed E-state index contributed by atoms with van der Waals surface area (Å²) < 4.78 is 1.44. The smallest absolute Gasteiger partial charge is 0.253 e. The van der Waals surface area contributed by atoms with Crippen molar-refractivity contribution in [3.05, 3.63) is 27.5 Å². The van der Waals surface area contributed by atoms with Gasteiger partial charge >= 0.3 is 0 Å². The Labute approximate surface area is 96.1 Å². The molecule has 0 aliphatic rings. The Hall–Kier alpha value is -1.29. The first-order chi connectivity index (χ1) is 7.43. The molecule has 0 aliphatic carbocycles. The predicted octanol–water partition coefficient (Wildman–Crippen LogP) is 1.12. The molecule has 16 heavy (non-hydrogen) atoms. The van der Waals surface area contributed by atoms with E-state index in [1.807, 2.05) is 27.9 Å². The summed E-state index contributed by atoms with van der Waals surface area (Å²) in [5.41, 5.74) is 1.50. The van der Waals surface area contributed by atoms with Crippen LogP contribution in [0.25, 0.3) is 0 Å². The van der Waals surface area contributed by atoms with Crippen molar-refractivity contribution in [3.8, 4) is 5.88 Å². The first-order valence-electron chi connectivity index (χ1n) is 5.48. The molecule has 1 N–H and O–H groups in total. The number of aromatic hydroxyl groups is 1. The third-order valence-electron chi connectivity index (χ3n) is 2.78. The summed E-state index contributed by atoms with van der Waals surface area (Å²) in [5, 5.41) is 9.87. The Kier molecular flexibility index (Phi) is 4.12. The summed E-state index contributed by atoms with van der Waals surface area (Å²) in [6.07, 6.45) is 0.850. The molecule has 0 aromatic carbocycles. The predicted molar refractivity (Wildman–Crippen MR) is 65.0 cm³/mol. The molecular weight excluding hydrogens is 204 g/mol. The third kappa shape index (κ3) is 2.85. The van der Waals surface area contributed by atoms with Gasteiger partial charge in [-0.2, -0.15) is 0 Å². The van der Waals surface area contributed by atoms with Gasteiger partial charge in [-0.1, -0.05) is 0 Å². The molecular formula is C12H20N2O2. The van der Waals surface area contributed by atoms with Gasteiger partial charge in [0, 0.05) is 18.2 Å². The molecule has 0 saturated carbocycles. The highest BCUT2D eigenvalue weighted by molar-refractivity contribution is 5.32. The molecule has 4 heteroatoms. The lowest BCUT2D eigenvalue weighted by Crippen LogP contribution is -2.23. The lowest BCUT2D eigenvalue weighted by molar-refractivity contribution is 0.360. The van der Waals surface area contributed by atoms with Crippen molar-refractivity contribution in [2.45, 2.75) is 26.8 Å². The minimum atomic E-state index is -0.126. The number of hydrogen-bond acceptors (Lipinski definition) is 3. The fraction of sp³-hybridized carbons (Fsp3) is 0.583. The van der Waals surface area contributed by atoms with Crippen LogP contribution in [0.2, 0.25) is 0 Å². The number of aromatic nitrogens is 1. The zero-order valence-corrected chi connectivity index (χ0v) is 10.4. The van der Waals surface area contributed by atoms with E-state index in [2.05, 4.69) is 4.90 Å². The number of aryl methyl sites for hydroxylation is 1. The normalized spacial score (nSPS) is 11.1. The second-order valence-electron chi connectivity index (χ2n) is 4.42. The molecule has 0 fully saturated rings. The summed E-state index contributed by atoms with van der Waals surface area (Å²) in [5.74, 6) is 0.101. The molecule has 4 nitrogen and oxygen atoms in total. The van der Waals surface area contributed by atoms with Crippen LogP contribution in [0.15, 0.2) is 10.9 Å². The van der Waals surface area contributed by atoms with Crippen LogP contribution in [0, 0.1) is 13.8 Å². The van der Waals surface area contributed by atoms with Crippen molar-refractivity contribution in [2.75, 3.05) is 20.6 Å². The van der Waals surface area contributed by atoms with Crippen molar-refractivity contribution in [1.29, 1.82) is 0 Å². The minimum absolute atomic E-state index is 0.101. The maximum absolute atomic E-state index is 11.7. The quantitative estimate of drug-likeness (QED) is 0.833. The molecule has 0 radical (unpaired) electrons. The van der Waals surface area contributed by atoms with E-state index in [4.69, 9.17) is 0 Å². The summed E-state index contributed by atoms with van der Waals surface area (Å²) in [6, 6.07) is 1.57. The van der Waals surface area contributed by atoms with Crippen molar-refractivity contribution in [2.24, 2.45) is 0 Å². The molecule has 0 amide bonds. The summed E-state index contributed by atoms with van der Waals surface area (Å²) >= 11 is 0. The molecule has 0 spiro atoms. The second-order valence-corrected chi connectivity index (χ2v) is 4.42. The highest BCUT2D eigenvalue weighted by Gasteiger charge is 2.08.